The van der Waals surface area contributed by atoms with Gasteiger partial charge in [-0.2, -0.15) is 0 Å². The number of allylic oxidation sites excluding steroid dienone is 2. The molecule has 0 heterocycles. The highest BCUT2D eigenvalue weighted by Crippen LogP contribution is 2.36. The van der Waals surface area contributed by atoms with Crippen LogP contribution in [-0.2, 0) is 51.6 Å². The van der Waals surface area contributed by atoms with Crippen LogP contribution in [0.1, 0.15) is 107 Å². The third kappa shape index (κ3) is 37.3. The number of terminal acetylenes is 3. The van der Waals surface area contributed by atoms with Crippen LogP contribution < -0.4 is 4.74 Å². The molecule has 1 amide bonds. The van der Waals surface area contributed by atoms with Gasteiger partial charge in [0.05, 0.1) is 45.7 Å². The Bertz CT molecular complexity index is 4750. The zero-order chi connectivity index (χ0) is 89.8. The fraction of sp³-hybridized carbons (Fsp3) is 0.184. The van der Waals surface area contributed by atoms with Gasteiger partial charge < -0.3 is 38.1 Å². The van der Waals surface area contributed by atoms with E-state index in [1.165, 1.54) is 11.1 Å². The zero-order valence-electron chi connectivity index (χ0n) is 72.5. The van der Waals surface area contributed by atoms with E-state index in [-0.39, 0.29) is 18.1 Å². The van der Waals surface area contributed by atoms with Gasteiger partial charge in [0.15, 0.2) is 16.8 Å². The lowest BCUT2D eigenvalue weighted by molar-refractivity contribution is 0.0464. The lowest BCUT2D eigenvalue weighted by atomic mass is 9.86. The second kappa shape index (κ2) is 63.4. The molecule has 0 aliphatic rings. The maximum atomic E-state index is 12.0. The Morgan fingerprint density at radius 1 is 0.382 bits per heavy atom. The molecule has 0 N–H and O–H groups in total. The van der Waals surface area contributed by atoms with Crippen LogP contribution in [0.2, 0.25) is 0 Å². The second-order valence-corrected chi connectivity index (χ2v) is 26.8. The first-order valence-corrected chi connectivity index (χ1v) is 40.5. The first kappa shape index (κ1) is 104. The number of rotatable bonds is 39. The number of hydrogen-bond acceptors (Lipinski definition) is 8. The molecule has 0 saturated heterocycles. The van der Waals surface area contributed by atoms with Crippen molar-refractivity contribution in [3.63, 3.8) is 0 Å². The molecule has 0 spiro atoms. The number of para-hydroxylation sites is 1. The number of ether oxygens (including phenoxy) is 7. The molecule has 0 fully saturated rings. The van der Waals surface area contributed by atoms with E-state index in [0.29, 0.717) is 64.9 Å². The van der Waals surface area contributed by atoms with Gasteiger partial charge in [0, 0.05) is 52.0 Å². The van der Waals surface area contributed by atoms with Crippen molar-refractivity contribution in [2.24, 2.45) is 0 Å². The Kier molecular flexibility index (Phi) is 53.4. The summed E-state index contributed by atoms with van der Waals surface area (Å²) in [4.78, 5) is 13.6. The van der Waals surface area contributed by atoms with Crippen molar-refractivity contribution in [2.45, 2.75) is 75.1 Å². The number of hydrogen-bond donors (Lipinski definition) is 0. The SMILES string of the molecule is C#CC(C)(C)OCC=C.C#CC(OC/C=C/C)(c1ccccc1)c1ccccc1.C#CC(OCC=C)(c1ccccc1)c1ccccc1.C=CCN(CC=C)C(=O)c1ccccc1.C=CCOC(C#CC)(c1ccccc1)c1ccccc1.C=CCOC(C=C)c1ccccc1.C=CCOC(CC=C)c1ccccc1.C=CCOc1ccccc1CC=C. The van der Waals surface area contributed by atoms with Crippen LogP contribution >= 0.6 is 0 Å². The molecule has 9 heteroatoms. The summed E-state index contributed by atoms with van der Waals surface area (Å²) in [5.41, 5.74) is 7.17. The minimum atomic E-state index is -0.864. The van der Waals surface area contributed by atoms with E-state index in [1.807, 2.05) is 337 Å². The molecule has 9 nitrogen and oxygen atoms in total. The van der Waals surface area contributed by atoms with Crippen LogP contribution in [-0.4, -0.2) is 75.7 Å². The summed E-state index contributed by atoms with van der Waals surface area (Å²) in [6.45, 7) is 52.3. The Balaban J connectivity index is 0.000000367. The normalized spacial score (nSPS) is 10.7. The second-order valence-electron chi connectivity index (χ2n) is 26.8. The van der Waals surface area contributed by atoms with E-state index < -0.39 is 22.4 Å². The van der Waals surface area contributed by atoms with E-state index >= 15 is 0 Å². The van der Waals surface area contributed by atoms with Gasteiger partial charge in [-0.1, -0.05) is 388 Å². The molecular weight excluding hydrogens is 1510 g/mol. The summed E-state index contributed by atoms with van der Waals surface area (Å²) in [6, 6.07) is 97.1. The molecule has 0 aliphatic carbocycles. The van der Waals surface area contributed by atoms with Crippen molar-refractivity contribution < 1.29 is 38.0 Å². The van der Waals surface area contributed by atoms with Gasteiger partial charge in [0.1, 0.15) is 24.1 Å². The lowest BCUT2D eigenvalue weighted by Crippen LogP contribution is -2.31. The molecule has 0 saturated carbocycles. The summed E-state index contributed by atoms with van der Waals surface area (Å²) >= 11 is 0. The molecule has 0 aromatic heterocycles. The van der Waals surface area contributed by atoms with Gasteiger partial charge in [-0.25, -0.2) is 0 Å². The van der Waals surface area contributed by atoms with Gasteiger partial charge in [-0.3, -0.25) is 4.79 Å². The highest BCUT2D eigenvalue weighted by Gasteiger charge is 2.35. The average Bonchev–Trinajstić information content (AvgIpc) is 0.800. The van der Waals surface area contributed by atoms with Gasteiger partial charge in [-0.15, -0.1) is 91.0 Å². The van der Waals surface area contributed by atoms with Gasteiger partial charge in [0.25, 0.3) is 5.91 Å². The van der Waals surface area contributed by atoms with Crippen molar-refractivity contribution in [2.75, 3.05) is 59.3 Å². The number of nitrogens with zero attached hydrogens (tertiary/aromatic N) is 1. The fourth-order valence-corrected chi connectivity index (χ4v) is 11.6. The molecule has 10 aromatic rings. The summed E-state index contributed by atoms with van der Waals surface area (Å²) in [5.74, 6) is 15.3. The van der Waals surface area contributed by atoms with Crippen molar-refractivity contribution in [1.29, 1.82) is 0 Å². The predicted molar refractivity (Wildman–Crippen MR) is 519 cm³/mol. The van der Waals surface area contributed by atoms with Crippen molar-refractivity contribution >= 4 is 5.91 Å². The third-order valence-electron chi connectivity index (χ3n) is 17.6. The molecule has 2 unspecified atom stereocenters. The Morgan fingerprint density at radius 2 is 0.732 bits per heavy atom. The van der Waals surface area contributed by atoms with Crippen LogP contribution in [0, 0.1) is 48.9 Å². The summed E-state index contributed by atoms with van der Waals surface area (Å²) in [7, 11) is 0. The van der Waals surface area contributed by atoms with Gasteiger partial charge >= 0.3 is 0 Å². The molecule has 0 bridgehead atoms. The van der Waals surface area contributed by atoms with Crippen LogP contribution in [0.15, 0.2) is 449 Å². The largest absolute Gasteiger partial charge is 0.489 e. The van der Waals surface area contributed by atoms with Crippen LogP contribution in [0.25, 0.3) is 0 Å². The molecular formula is C114H123NO8. The smallest absolute Gasteiger partial charge is 0.254 e. The Hall–Kier alpha value is -13.7. The van der Waals surface area contributed by atoms with E-state index in [1.54, 1.807) is 59.6 Å². The van der Waals surface area contributed by atoms with E-state index in [4.69, 9.17) is 52.4 Å². The maximum absolute atomic E-state index is 12.0. The van der Waals surface area contributed by atoms with E-state index in [2.05, 4.69) is 114 Å². The molecule has 2 atom stereocenters. The first-order chi connectivity index (χ1) is 60.0. The molecule has 10 aromatic carbocycles. The van der Waals surface area contributed by atoms with E-state index in [9.17, 15) is 4.79 Å². The van der Waals surface area contributed by atoms with Crippen LogP contribution in [0.4, 0.5) is 0 Å². The number of amides is 1. The summed E-state index contributed by atoms with van der Waals surface area (Å²) < 4.78 is 39.9. The quantitative estimate of drug-likeness (QED) is 0.0278. The van der Waals surface area contributed by atoms with Crippen molar-refractivity contribution in [3.05, 3.63) is 504 Å². The lowest BCUT2D eigenvalue weighted by Gasteiger charge is -2.29. The highest BCUT2D eigenvalue weighted by atomic mass is 16.5. The van der Waals surface area contributed by atoms with E-state index in [0.717, 1.165) is 57.5 Å². The first-order valence-electron chi connectivity index (χ1n) is 40.5. The Labute approximate surface area is 737 Å². The fourth-order valence-electron chi connectivity index (χ4n) is 11.6. The summed E-state index contributed by atoms with van der Waals surface area (Å²) in [6.07, 6.45) is 41.8. The summed E-state index contributed by atoms with van der Waals surface area (Å²) in [5, 5.41) is 0. The van der Waals surface area contributed by atoms with Crippen molar-refractivity contribution in [3.8, 4) is 54.6 Å². The number of carbonyl (C=O) groups is 1. The Morgan fingerprint density at radius 3 is 1.09 bits per heavy atom. The molecule has 123 heavy (non-hydrogen) atoms. The molecule has 10 rings (SSSR count). The predicted octanol–water partition coefficient (Wildman–Crippen LogP) is 25.8. The zero-order valence-corrected chi connectivity index (χ0v) is 72.5. The number of benzene rings is 10. The number of carbonyl (C=O) groups excluding carboxylic acids is 1. The standard InChI is InChI=1S/2C19H18O.C18H16O.C13H15NO.C13H16O.2C12H14O.C8H12O/c1-3-15-19(20-16-4-2,17-11-7-5-8-12-17)18-13-9-6-10-14-18;1-3-5-16-20-19(4-2,17-12-8-6-9-13-17)18-14-10-7-11-15-18;1-3-15-19-18(4-2,16-11-7-5-8-12-16)17-13-9-6-10-14-17;1-3-10-14(11-4-2)13(15)12-8-6-5-7-9-12;1-3-8-13(14-11-4-2)12-9-6-5-7-10-12;1-3-10-13-12(4-2)11-8-6-5-7-9-11;1-3-7-11-8-5-6-9-12(11)13-10-4-2;1-5-7-9-8(3,4)6-2/h4-14H,2,16H2,1H3;2-3,5-15H,16H2,1H3;2-3,5-14H,1,15H2;3-9H,1-2,10-11H2;3-7,9-10,13H,1-2,8,11H2;3-9,12H,1-2,10H2;3-6,8-9H,1-2,7,10H2;2,5H,1,7H2,3-4H3/b;5-3+;;;;;;. The monoisotopic (exact) mass is 1630 g/mol. The van der Waals surface area contributed by atoms with Crippen LogP contribution in [0.3, 0.4) is 0 Å². The third-order valence-corrected chi connectivity index (χ3v) is 17.6. The minimum absolute atomic E-state index is 0.00963. The van der Waals surface area contributed by atoms with Crippen molar-refractivity contribution in [1.82, 2.24) is 4.90 Å². The van der Waals surface area contributed by atoms with Gasteiger partial charge in [-0.05, 0) is 75.4 Å². The minimum Gasteiger partial charge on any atom is -0.489 e. The van der Waals surface area contributed by atoms with Crippen LogP contribution in [0.5, 0.6) is 5.75 Å². The topological polar surface area (TPSA) is 84.9 Å². The van der Waals surface area contributed by atoms with Gasteiger partial charge in [0.2, 0.25) is 0 Å². The molecule has 632 valence electrons. The highest BCUT2D eigenvalue weighted by molar-refractivity contribution is 5.94. The average molecular weight is 1640 g/mol. The maximum Gasteiger partial charge on any atom is 0.254 e. The molecule has 0 radical (unpaired) electrons. The molecule has 0 aliphatic heterocycles.